The molecule has 32 heavy (non-hydrogen) atoms. The topological polar surface area (TPSA) is 63.9 Å². The van der Waals surface area contributed by atoms with Gasteiger partial charge >= 0.3 is 0 Å². The third kappa shape index (κ3) is 3.47. The Morgan fingerprint density at radius 2 is 1.91 bits per heavy atom. The first-order valence-electron chi connectivity index (χ1n) is 10.3. The summed E-state index contributed by atoms with van der Waals surface area (Å²) in [5, 5.41) is 11.1. The van der Waals surface area contributed by atoms with Crippen LogP contribution in [0.5, 0.6) is 17.4 Å². The molecule has 0 bridgehead atoms. The van der Waals surface area contributed by atoms with Gasteiger partial charge in [-0.2, -0.15) is 0 Å². The molecule has 2 aliphatic rings. The largest absolute Gasteiger partial charge is 0.514 e. The molecule has 0 saturated heterocycles. The third-order valence-corrected chi connectivity index (χ3v) is 5.88. The Hall–Kier alpha value is -3.17. The van der Waals surface area contributed by atoms with E-state index in [1.165, 1.54) is 11.1 Å². The first-order valence-corrected chi connectivity index (χ1v) is 10.3. The molecule has 6 heteroatoms. The summed E-state index contributed by atoms with van der Waals surface area (Å²) in [4.78, 5) is 9.31. The monoisotopic (exact) mass is 602 g/mol. The van der Waals surface area contributed by atoms with Crippen molar-refractivity contribution in [2.24, 2.45) is 4.99 Å². The van der Waals surface area contributed by atoms with Crippen LogP contribution in [0.25, 0.3) is 10.9 Å². The fraction of sp³-hybridized carbons (Fsp3) is 0.154. The van der Waals surface area contributed by atoms with Gasteiger partial charge in [0.05, 0.1) is 0 Å². The number of aryl methyl sites for hydroxylation is 1. The van der Waals surface area contributed by atoms with E-state index >= 15 is 0 Å². The summed E-state index contributed by atoms with van der Waals surface area (Å²) in [7, 11) is 0. The van der Waals surface area contributed by atoms with Gasteiger partial charge in [-0.3, -0.25) is 4.99 Å². The first-order chi connectivity index (χ1) is 15.2. The van der Waals surface area contributed by atoms with Crippen LogP contribution in [0.4, 0.5) is 0 Å². The molecule has 1 aliphatic heterocycles. The molecule has 3 aromatic carbocycles. The van der Waals surface area contributed by atoms with Gasteiger partial charge in [0.15, 0.2) is 0 Å². The number of nitrogens with zero attached hydrogens (tertiary/aromatic N) is 2. The van der Waals surface area contributed by atoms with Crippen LogP contribution in [0.3, 0.4) is 0 Å². The maximum absolute atomic E-state index is 10.2. The van der Waals surface area contributed by atoms with Crippen LogP contribution in [0.2, 0.25) is 0 Å². The quantitative estimate of drug-likeness (QED) is 0.324. The maximum atomic E-state index is 10.2. The molecule has 6 rings (SSSR count). The van der Waals surface area contributed by atoms with Gasteiger partial charge in [-0.05, 0) is 29.7 Å². The van der Waals surface area contributed by atoms with Crippen molar-refractivity contribution in [3.8, 4) is 17.4 Å². The predicted molar refractivity (Wildman–Crippen MR) is 118 cm³/mol. The molecule has 5 nitrogen and oxygen atoms in total. The van der Waals surface area contributed by atoms with Gasteiger partial charge in [-0.15, -0.1) is 18.2 Å². The van der Waals surface area contributed by atoms with E-state index in [2.05, 4.69) is 29.2 Å². The van der Waals surface area contributed by atoms with Gasteiger partial charge in [-0.1, -0.05) is 48.0 Å². The number of hydrogen-bond acceptors (Lipinski definition) is 5. The van der Waals surface area contributed by atoms with E-state index in [1.807, 2.05) is 43.3 Å². The SMILES string of the molecule is Cc1cc(Oc2[c-]c(C3=N[C@@H]4c5ccccc5C[C@@H]4O3)ccc2)nc2c(O)cccc12.[Pt]. The van der Waals surface area contributed by atoms with Crippen LogP contribution in [-0.2, 0) is 32.2 Å². The molecule has 2 heterocycles. The second kappa shape index (κ2) is 8.07. The molecular formula is C26H19N2O3Pt-. The van der Waals surface area contributed by atoms with Crippen LogP contribution < -0.4 is 4.74 Å². The molecule has 0 fully saturated rings. The number of phenols is 1. The van der Waals surface area contributed by atoms with E-state index in [9.17, 15) is 5.11 Å². The summed E-state index contributed by atoms with van der Waals surface area (Å²) in [6, 6.07) is 24.5. The molecule has 0 radical (unpaired) electrons. The molecule has 0 saturated carbocycles. The Labute approximate surface area is 200 Å². The number of aromatic hydroxyl groups is 1. The zero-order valence-corrected chi connectivity index (χ0v) is 19.5. The Morgan fingerprint density at radius 3 is 2.81 bits per heavy atom. The number of aromatic nitrogens is 1. The molecule has 4 aromatic rings. The number of rotatable bonds is 3. The first kappa shape index (κ1) is 20.7. The van der Waals surface area contributed by atoms with E-state index in [0.717, 1.165) is 22.9 Å². The number of hydrogen-bond donors (Lipinski definition) is 1. The Balaban J connectivity index is 0.00000216. The standard InChI is InChI=1S/C26H19N2O3.Pt/c1-15-12-23(27-24-19(15)10-5-11-21(24)29)30-18-8-4-7-17(13-18)26-28-25-20-9-3-2-6-16(20)14-22(25)31-26;/h2-12,22,25,29H,14H2,1H3;/q-1;/t22-,25+;/m0./s1. The summed E-state index contributed by atoms with van der Waals surface area (Å²) < 4.78 is 12.2. The molecule has 162 valence electrons. The molecule has 0 amide bonds. The molecular weight excluding hydrogens is 583 g/mol. The van der Waals surface area contributed by atoms with Crippen molar-refractivity contribution in [1.29, 1.82) is 0 Å². The van der Waals surface area contributed by atoms with Crippen molar-refractivity contribution in [2.45, 2.75) is 25.5 Å². The predicted octanol–water partition coefficient (Wildman–Crippen LogP) is 5.28. The van der Waals surface area contributed by atoms with Crippen molar-refractivity contribution >= 4 is 16.8 Å². The van der Waals surface area contributed by atoms with Crippen molar-refractivity contribution in [2.75, 3.05) is 0 Å². The van der Waals surface area contributed by atoms with Crippen LogP contribution in [0, 0.1) is 13.0 Å². The summed E-state index contributed by atoms with van der Waals surface area (Å²) in [6.07, 6.45) is 0.909. The maximum Gasteiger partial charge on any atom is 0.218 e. The van der Waals surface area contributed by atoms with Gasteiger partial charge in [-0.25, -0.2) is 4.98 Å². The normalized spacial score (nSPS) is 18.3. The second-order valence-corrected chi connectivity index (χ2v) is 7.92. The number of phenolic OH excluding ortho intramolecular Hbond substituents is 1. The smallest absolute Gasteiger partial charge is 0.218 e. The number of ether oxygens (including phenoxy) is 2. The summed E-state index contributed by atoms with van der Waals surface area (Å²) >= 11 is 0. The van der Waals surface area contributed by atoms with E-state index in [-0.39, 0.29) is 39.0 Å². The Bertz CT molecular complexity index is 1370. The van der Waals surface area contributed by atoms with Crippen LogP contribution >= 0.6 is 0 Å². The zero-order chi connectivity index (χ0) is 20.9. The van der Waals surface area contributed by atoms with E-state index in [0.29, 0.717) is 23.0 Å². The van der Waals surface area contributed by atoms with Crippen LogP contribution in [0.15, 0.2) is 71.7 Å². The Kier molecular flexibility index (Phi) is 5.22. The molecule has 0 unspecified atom stereocenters. The second-order valence-electron chi connectivity index (χ2n) is 7.92. The van der Waals surface area contributed by atoms with Crippen LogP contribution in [-0.4, -0.2) is 22.1 Å². The fourth-order valence-electron chi connectivity index (χ4n) is 4.40. The number of fused-ring (bicyclic) bond motifs is 4. The molecule has 0 spiro atoms. The van der Waals surface area contributed by atoms with E-state index in [4.69, 9.17) is 14.5 Å². The number of para-hydroxylation sites is 1. The summed E-state index contributed by atoms with van der Waals surface area (Å²) in [5.74, 6) is 1.64. The minimum Gasteiger partial charge on any atom is -0.514 e. The summed E-state index contributed by atoms with van der Waals surface area (Å²) in [6.45, 7) is 1.97. The Morgan fingerprint density at radius 1 is 1.06 bits per heavy atom. The van der Waals surface area contributed by atoms with Gasteiger partial charge in [0, 0.05) is 44.7 Å². The number of benzene rings is 3. The molecule has 1 aromatic heterocycles. The average molecular weight is 603 g/mol. The molecule has 1 N–H and O–H groups in total. The van der Waals surface area contributed by atoms with Crippen molar-refractivity contribution in [3.63, 3.8) is 0 Å². The van der Waals surface area contributed by atoms with Crippen molar-refractivity contribution in [3.05, 3.63) is 95.1 Å². The van der Waals surface area contributed by atoms with Gasteiger partial charge in [0.2, 0.25) is 5.88 Å². The summed E-state index contributed by atoms with van der Waals surface area (Å²) in [5.41, 5.74) is 4.79. The van der Waals surface area contributed by atoms with E-state index < -0.39 is 0 Å². The van der Waals surface area contributed by atoms with Crippen molar-refractivity contribution < 1.29 is 35.6 Å². The minimum atomic E-state index is 0. The molecule has 2 atom stereocenters. The average Bonchev–Trinajstić information content (AvgIpc) is 3.33. The zero-order valence-electron chi connectivity index (χ0n) is 17.2. The number of aliphatic imine (C=N–C) groups is 1. The fourth-order valence-corrected chi connectivity index (χ4v) is 4.40. The molecule has 1 aliphatic carbocycles. The van der Waals surface area contributed by atoms with Gasteiger partial charge in [0.1, 0.15) is 29.3 Å². The number of pyridine rings is 1. The van der Waals surface area contributed by atoms with Crippen molar-refractivity contribution in [1.82, 2.24) is 4.98 Å². The van der Waals surface area contributed by atoms with Crippen LogP contribution in [0.1, 0.15) is 28.3 Å². The van der Waals surface area contributed by atoms with Gasteiger partial charge < -0.3 is 14.6 Å². The minimum absolute atomic E-state index is 0. The van der Waals surface area contributed by atoms with E-state index in [1.54, 1.807) is 12.1 Å². The third-order valence-electron chi connectivity index (χ3n) is 5.88. The van der Waals surface area contributed by atoms with Gasteiger partial charge in [0.25, 0.3) is 0 Å².